The molecule has 0 unspecified atom stereocenters. The van der Waals surface area contributed by atoms with Crippen LogP contribution in [0.25, 0.3) is 0 Å². The van der Waals surface area contributed by atoms with Crippen molar-refractivity contribution in [1.29, 1.82) is 0 Å². The number of para-hydroxylation sites is 1. The van der Waals surface area contributed by atoms with Crippen molar-refractivity contribution in [1.82, 2.24) is 9.29 Å². The maximum Gasteiger partial charge on any atom is 0.248 e. The molecule has 0 radical (unpaired) electrons. The molecule has 2 aromatic carbocycles. The van der Waals surface area contributed by atoms with Gasteiger partial charge >= 0.3 is 0 Å². The standard InChI is InChI=1S/C21H19FN4O3S/c1-15-5-2-3-6-18(15)24-20(27)13-25-14-26(17-10-8-16(22)9-11-17)21-19(30(25,28)29)7-4-12-23-21/h2-12H,13-14H2,1H3,(H,24,27). The molecule has 1 aliphatic rings. The summed E-state index contributed by atoms with van der Waals surface area (Å²) in [7, 11) is -3.94. The molecule has 0 aliphatic carbocycles. The van der Waals surface area contributed by atoms with E-state index in [1.165, 1.54) is 42.6 Å². The SMILES string of the molecule is Cc1ccccc1NC(=O)CN1CN(c2ccc(F)cc2)c2ncccc2S1(=O)=O. The maximum absolute atomic E-state index is 13.4. The summed E-state index contributed by atoms with van der Waals surface area (Å²) < 4.78 is 40.7. The van der Waals surface area contributed by atoms with Gasteiger partial charge in [0.1, 0.15) is 10.7 Å². The van der Waals surface area contributed by atoms with Gasteiger partial charge in [0, 0.05) is 17.6 Å². The van der Waals surface area contributed by atoms with E-state index in [0.717, 1.165) is 9.87 Å². The van der Waals surface area contributed by atoms with E-state index in [1.54, 1.807) is 17.0 Å². The first-order valence-electron chi connectivity index (χ1n) is 9.20. The minimum atomic E-state index is -3.94. The lowest BCUT2D eigenvalue weighted by atomic mass is 10.2. The molecule has 0 spiro atoms. The van der Waals surface area contributed by atoms with Crippen molar-refractivity contribution < 1.29 is 17.6 Å². The van der Waals surface area contributed by atoms with E-state index >= 15 is 0 Å². The number of aryl methyl sites for hydroxylation is 1. The van der Waals surface area contributed by atoms with Crippen LogP contribution in [-0.4, -0.2) is 36.8 Å². The first-order chi connectivity index (χ1) is 14.4. The number of nitrogens with zero attached hydrogens (tertiary/aromatic N) is 3. The van der Waals surface area contributed by atoms with Crippen LogP contribution in [0.1, 0.15) is 5.56 Å². The molecule has 1 aliphatic heterocycles. The molecule has 1 N–H and O–H groups in total. The summed E-state index contributed by atoms with van der Waals surface area (Å²) in [5.41, 5.74) is 2.06. The molecule has 9 heteroatoms. The zero-order valence-electron chi connectivity index (χ0n) is 16.1. The minimum Gasteiger partial charge on any atom is -0.325 e. The Balaban J connectivity index is 1.66. The Labute approximate surface area is 173 Å². The van der Waals surface area contributed by atoms with Gasteiger partial charge in [0.2, 0.25) is 15.9 Å². The van der Waals surface area contributed by atoms with Gasteiger partial charge in [-0.3, -0.25) is 4.79 Å². The molecule has 3 aromatic rings. The van der Waals surface area contributed by atoms with Gasteiger partial charge in [-0.25, -0.2) is 17.8 Å². The molecule has 4 rings (SSSR count). The number of benzene rings is 2. The fourth-order valence-corrected chi connectivity index (χ4v) is 4.73. The number of sulfonamides is 1. The van der Waals surface area contributed by atoms with Crippen molar-refractivity contribution >= 4 is 33.1 Å². The third-order valence-electron chi connectivity index (χ3n) is 4.80. The van der Waals surface area contributed by atoms with Crippen LogP contribution in [0.15, 0.2) is 71.8 Å². The van der Waals surface area contributed by atoms with Gasteiger partial charge in [0.25, 0.3) is 0 Å². The second kappa shape index (κ2) is 7.85. The Hall–Kier alpha value is -3.30. The monoisotopic (exact) mass is 426 g/mol. The van der Waals surface area contributed by atoms with Gasteiger partial charge in [-0.05, 0) is 55.0 Å². The van der Waals surface area contributed by atoms with E-state index in [4.69, 9.17) is 0 Å². The molecular formula is C21H19FN4O3S. The predicted molar refractivity (Wildman–Crippen MR) is 111 cm³/mol. The highest BCUT2D eigenvalue weighted by Gasteiger charge is 2.38. The van der Waals surface area contributed by atoms with E-state index in [1.807, 2.05) is 19.1 Å². The first kappa shape index (κ1) is 20.0. The Morgan fingerprint density at radius 2 is 1.83 bits per heavy atom. The Morgan fingerprint density at radius 3 is 2.57 bits per heavy atom. The van der Waals surface area contributed by atoms with E-state index in [9.17, 15) is 17.6 Å². The molecule has 154 valence electrons. The van der Waals surface area contributed by atoms with Crippen molar-refractivity contribution in [2.24, 2.45) is 0 Å². The van der Waals surface area contributed by atoms with Gasteiger partial charge in [-0.2, -0.15) is 4.31 Å². The molecule has 1 aromatic heterocycles. The first-order valence-corrected chi connectivity index (χ1v) is 10.6. The molecule has 0 atom stereocenters. The summed E-state index contributed by atoms with van der Waals surface area (Å²) in [4.78, 5) is 18.5. The van der Waals surface area contributed by atoms with Crippen LogP contribution in [0, 0.1) is 12.7 Å². The largest absolute Gasteiger partial charge is 0.325 e. The third kappa shape index (κ3) is 3.77. The maximum atomic E-state index is 13.4. The summed E-state index contributed by atoms with van der Waals surface area (Å²) in [6.45, 7) is 1.35. The zero-order chi connectivity index (χ0) is 21.3. The minimum absolute atomic E-state index is 0.00994. The average molecular weight is 426 g/mol. The highest BCUT2D eigenvalue weighted by atomic mass is 32.2. The van der Waals surface area contributed by atoms with E-state index in [0.29, 0.717) is 11.4 Å². The number of hydrogen-bond donors (Lipinski definition) is 1. The molecule has 0 saturated carbocycles. The van der Waals surface area contributed by atoms with E-state index in [-0.39, 0.29) is 23.9 Å². The second-order valence-electron chi connectivity index (χ2n) is 6.85. The van der Waals surface area contributed by atoms with Crippen molar-refractivity contribution in [3.8, 4) is 0 Å². The van der Waals surface area contributed by atoms with Crippen molar-refractivity contribution in [2.75, 3.05) is 23.4 Å². The Kier molecular flexibility index (Phi) is 5.23. The fourth-order valence-electron chi connectivity index (χ4n) is 3.25. The molecule has 0 bridgehead atoms. The van der Waals surface area contributed by atoms with E-state index in [2.05, 4.69) is 10.3 Å². The summed E-state index contributed by atoms with van der Waals surface area (Å²) in [5.74, 6) is -0.627. The number of amides is 1. The molecular weight excluding hydrogens is 407 g/mol. The number of anilines is 3. The smallest absolute Gasteiger partial charge is 0.248 e. The number of carbonyl (C=O) groups excluding carboxylic acids is 1. The Morgan fingerprint density at radius 1 is 1.10 bits per heavy atom. The fraction of sp³-hybridized carbons (Fsp3) is 0.143. The number of fused-ring (bicyclic) bond motifs is 1. The highest BCUT2D eigenvalue weighted by Crippen LogP contribution is 2.36. The van der Waals surface area contributed by atoms with Crippen LogP contribution >= 0.6 is 0 Å². The molecule has 0 saturated heterocycles. The van der Waals surface area contributed by atoms with Crippen LogP contribution < -0.4 is 10.2 Å². The van der Waals surface area contributed by atoms with Crippen molar-refractivity contribution in [2.45, 2.75) is 11.8 Å². The van der Waals surface area contributed by atoms with Gasteiger partial charge < -0.3 is 10.2 Å². The number of pyridine rings is 1. The number of aromatic nitrogens is 1. The van der Waals surface area contributed by atoms with Crippen molar-refractivity contribution in [3.63, 3.8) is 0 Å². The zero-order valence-corrected chi connectivity index (χ0v) is 16.9. The summed E-state index contributed by atoms with van der Waals surface area (Å²) in [5, 5.41) is 2.75. The molecule has 1 amide bonds. The quantitative estimate of drug-likeness (QED) is 0.692. The van der Waals surface area contributed by atoms with Crippen molar-refractivity contribution in [3.05, 3.63) is 78.2 Å². The van der Waals surface area contributed by atoms with Gasteiger partial charge in [-0.1, -0.05) is 18.2 Å². The van der Waals surface area contributed by atoms with Gasteiger partial charge in [-0.15, -0.1) is 0 Å². The third-order valence-corrected chi connectivity index (χ3v) is 6.60. The topological polar surface area (TPSA) is 82.6 Å². The lowest BCUT2D eigenvalue weighted by Gasteiger charge is -2.36. The number of halogens is 1. The average Bonchev–Trinajstić information content (AvgIpc) is 2.73. The molecule has 7 nitrogen and oxygen atoms in total. The summed E-state index contributed by atoms with van der Waals surface area (Å²) in [6, 6.07) is 15.9. The van der Waals surface area contributed by atoms with Gasteiger partial charge in [0.15, 0.2) is 5.82 Å². The lowest BCUT2D eigenvalue weighted by Crippen LogP contribution is -2.47. The van der Waals surface area contributed by atoms with Gasteiger partial charge in [0.05, 0.1) is 13.2 Å². The van der Waals surface area contributed by atoms with Crippen LogP contribution in [0.2, 0.25) is 0 Å². The molecule has 0 fully saturated rings. The normalized spacial score (nSPS) is 15.5. The van der Waals surface area contributed by atoms with Crippen LogP contribution in [-0.2, 0) is 14.8 Å². The molecule has 30 heavy (non-hydrogen) atoms. The summed E-state index contributed by atoms with van der Waals surface area (Å²) >= 11 is 0. The lowest BCUT2D eigenvalue weighted by molar-refractivity contribution is -0.116. The highest BCUT2D eigenvalue weighted by molar-refractivity contribution is 7.89. The van der Waals surface area contributed by atoms with E-state index < -0.39 is 21.7 Å². The van der Waals surface area contributed by atoms with Crippen LogP contribution in [0.5, 0.6) is 0 Å². The predicted octanol–water partition coefficient (Wildman–Crippen LogP) is 3.27. The summed E-state index contributed by atoms with van der Waals surface area (Å²) in [6.07, 6.45) is 1.49. The number of carbonyl (C=O) groups is 1. The number of hydrogen-bond acceptors (Lipinski definition) is 5. The van der Waals surface area contributed by atoms with Crippen LogP contribution in [0.4, 0.5) is 21.6 Å². The Bertz CT molecular complexity index is 1200. The second-order valence-corrected chi connectivity index (χ2v) is 8.76. The number of nitrogens with one attached hydrogen (secondary N) is 1. The van der Waals surface area contributed by atoms with Crippen LogP contribution in [0.3, 0.4) is 0 Å². The number of rotatable bonds is 4. The molecule has 2 heterocycles.